The molecule has 2 unspecified atom stereocenters. The molecule has 0 radical (unpaired) electrons. The first kappa shape index (κ1) is 13.1. The molecule has 0 aromatic carbocycles. The lowest BCUT2D eigenvalue weighted by Crippen LogP contribution is -2.21. The largest absolute Gasteiger partial charge is 0.0654 e. The van der Waals surface area contributed by atoms with E-state index in [4.69, 9.17) is 0 Å². The Bertz CT molecular complexity index is 200. The lowest BCUT2D eigenvalue weighted by Gasteiger charge is -2.32. The van der Waals surface area contributed by atoms with Gasteiger partial charge in [-0.3, -0.25) is 0 Å². The average molecular weight is 210 g/mol. The SMILES string of the molecule is CCCC(C)(C)C(C)CCC1CC1(C)C. The highest BCUT2D eigenvalue weighted by Gasteiger charge is 2.45. The van der Waals surface area contributed by atoms with Gasteiger partial charge in [-0.2, -0.15) is 0 Å². The third-order valence-electron chi connectivity index (χ3n) is 4.89. The predicted molar refractivity (Wildman–Crippen MR) is 69.0 cm³/mol. The Balaban J connectivity index is 2.26. The summed E-state index contributed by atoms with van der Waals surface area (Å²) in [7, 11) is 0. The molecular formula is C15H30. The molecule has 0 heteroatoms. The summed E-state index contributed by atoms with van der Waals surface area (Å²) >= 11 is 0. The van der Waals surface area contributed by atoms with Crippen LogP contribution in [-0.4, -0.2) is 0 Å². The number of rotatable bonds is 6. The van der Waals surface area contributed by atoms with Crippen LogP contribution in [-0.2, 0) is 0 Å². The molecule has 0 aromatic heterocycles. The van der Waals surface area contributed by atoms with Gasteiger partial charge in [0, 0.05) is 0 Å². The Labute approximate surface area is 96.8 Å². The molecule has 0 heterocycles. The molecular weight excluding hydrogens is 180 g/mol. The van der Waals surface area contributed by atoms with Gasteiger partial charge in [-0.1, -0.05) is 48.0 Å². The maximum atomic E-state index is 2.45. The fraction of sp³-hybridized carbons (Fsp3) is 1.00. The van der Waals surface area contributed by atoms with E-state index >= 15 is 0 Å². The standard InChI is InChI=1S/C15H30/c1-7-10-14(3,4)12(2)8-9-13-11-15(13,5)6/h12-13H,7-11H2,1-6H3. The van der Waals surface area contributed by atoms with Crippen molar-refractivity contribution in [2.45, 2.75) is 73.6 Å². The normalized spacial score (nSPS) is 26.4. The van der Waals surface area contributed by atoms with Gasteiger partial charge in [0.2, 0.25) is 0 Å². The van der Waals surface area contributed by atoms with Crippen molar-refractivity contribution in [3.8, 4) is 0 Å². The van der Waals surface area contributed by atoms with Gasteiger partial charge in [0.25, 0.3) is 0 Å². The summed E-state index contributed by atoms with van der Waals surface area (Å²) in [5.74, 6) is 1.91. The molecule has 1 aliphatic carbocycles. The molecule has 1 saturated carbocycles. The first-order chi connectivity index (χ1) is 6.79. The summed E-state index contributed by atoms with van der Waals surface area (Å²) in [6.45, 7) is 14.5. The van der Waals surface area contributed by atoms with Crippen molar-refractivity contribution in [2.75, 3.05) is 0 Å². The minimum atomic E-state index is 0.549. The molecule has 0 aromatic rings. The van der Waals surface area contributed by atoms with Gasteiger partial charge in [0.05, 0.1) is 0 Å². The lowest BCUT2D eigenvalue weighted by atomic mass is 9.74. The zero-order chi connectivity index (χ0) is 11.7. The van der Waals surface area contributed by atoms with Gasteiger partial charge in [0.1, 0.15) is 0 Å². The smallest absolute Gasteiger partial charge is 0.0323 e. The molecule has 1 fully saturated rings. The summed E-state index contributed by atoms with van der Waals surface area (Å²) in [5, 5.41) is 0. The summed E-state index contributed by atoms with van der Waals surface area (Å²) in [5.41, 5.74) is 1.22. The van der Waals surface area contributed by atoms with E-state index in [1.54, 1.807) is 0 Å². The van der Waals surface area contributed by atoms with Gasteiger partial charge in [-0.15, -0.1) is 0 Å². The molecule has 0 amide bonds. The summed E-state index contributed by atoms with van der Waals surface area (Å²) in [4.78, 5) is 0. The van der Waals surface area contributed by atoms with E-state index in [0.717, 1.165) is 11.8 Å². The monoisotopic (exact) mass is 210 g/mol. The zero-order valence-electron chi connectivity index (χ0n) is 11.7. The van der Waals surface area contributed by atoms with Crippen LogP contribution < -0.4 is 0 Å². The van der Waals surface area contributed by atoms with E-state index in [2.05, 4.69) is 41.5 Å². The van der Waals surface area contributed by atoms with Crippen molar-refractivity contribution in [3.63, 3.8) is 0 Å². The van der Waals surface area contributed by atoms with Crippen LogP contribution in [0.1, 0.15) is 73.6 Å². The van der Waals surface area contributed by atoms with Crippen molar-refractivity contribution in [1.29, 1.82) is 0 Å². The van der Waals surface area contributed by atoms with Gasteiger partial charge >= 0.3 is 0 Å². The Morgan fingerprint density at radius 2 is 1.87 bits per heavy atom. The molecule has 1 aliphatic rings. The molecule has 90 valence electrons. The number of hydrogen-bond donors (Lipinski definition) is 0. The summed E-state index contributed by atoms with van der Waals surface area (Å²) in [6.07, 6.45) is 7.06. The first-order valence-corrected chi connectivity index (χ1v) is 6.79. The van der Waals surface area contributed by atoms with Crippen LogP contribution in [0.4, 0.5) is 0 Å². The molecule has 0 bridgehead atoms. The van der Waals surface area contributed by atoms with Crippen LogP contribution in [0.15, 0.2) is 0 Å². The Hall–Kier alpha value is 0. The quantitative estimate of drug-likeness (QED) is 0.560. The maximum Gasteiger partial charge on any atom is -0.0323 e. The van der Waals surface area contributed by atoms with Crippen LogP contribution in [0.25, 0.3) is 0 Å². The molecule has 0 saturated heterocycles. The summed E-state index contributed by atoms with van der Waals surface area (Å²) in [6, 6.07) is 0. The third-order valence-corrected chi connectivity index (χ3v) is 4.89. The Kier molecular flexibility index (Phi) is 3.90. The second-order valence-corrected chi connectivity index (χ2v) is 7.11. The molecule has 0 aliphatic heterocycles. The zero-order valence-corrected chi connectivity index (χ0v) is 11.7. The molecule has 0 spiro atoms. The van der Waals surface area contributed by atoms with E-state index < -0.39 is 0 Å². The highest BCUT2D eigenvalue weighted by atomic mass is 14.5. The molecule has 0 nitrogen and oxygen atoms in total. The van der Waals surface area contributed by atoms with Crippen LogP contribution in [0.2, 0.25) is 0 Å². The topological polar surface area (TPSA) is 0 Å². The summed E-state index contributed by atoms with van der Waals surface area (Å²) < 4.78 is 0. The second-order valence-electron chi connectivity index (χ2n) is 7.11. The fourth-order valence-electron chi connectivity index (χ4n) is 2.80. The van der Waals surface area contributed by atoms with Gasteiger partial charge in [-0.25, -0.2) is 0 Å². The Morgan fingerprint density at radius 1 is 1.33 bits per heavy atom. The van der Waals surface area contributed by atoms with E-state index in [0.29, 0.717) is 10.8 Å². The minimum absolute atomic E-state index is 0.549. The number of hydrogen-bond acceptors (Lipinski definition) is 0. The van der Waals surface area contributed by atoms with Gasteiger partial charge in [0.15, 0.2) is 0 Å². The second kappa shape index (κ2) is 4.47. The first-order valence-electron chi connectivity index (χ1n) is 6.79. The van der Waals surface area contributed by atoms with Crippen molar-refractivity contribution >= 4 is 0 Å². The predicted octanol–water partition coefficient (Wildman–Crippen LogP) is 5.28. The molecule has 0 N–H and O–H groups in total. The van der Waals surface area contributed by atoms with Crippen LogP contribution in [0.3, 0.4) is 0 Å². The fourth-order valence-corrected chi connectivity index (χ4v) is 2.80. The van der Waals surface area contributed by atoms with Crippen molar-refractivity contribution in [1.82, 2.24) is 0 Å². The van der Waals surface area contributed by atoms with Crippen LogP contribution in [0, 0.1) is 22.7 Å². The van der Waals surface area contributed by atoms with Gasteiger partial charge in [-0.05, 0) is 48.3 Å². The lowest BCUT2D eigenvalue weighted by molar-refractivity contribution is 0.191. The Morgan fingerprint density at radius 3 is 2.27 bits per heavy atom. The molecule has 15 heavy (non-hydrogen) atoms. The molecule has 1 rings (SSSR count). The van der Waals surface area contributed by atoms with Crippen LogP contribution >= 0.6 is 0 Å². The highest BCUT2D eigenvalue weighted by molar-refractivity contribution is 4.95. The maximum absolute atomic E-state index is 2.45. The van der Waals surface area contributed by atoms with E-state index in [9.17, 15) is 0 Å². The molecule has 2 atom stereocenters. The third kappa shape index (κ3) is 3.50. The van der Waals surface area contributed by atoms with Gasteiger partial charge < -0.3 is 0 Å². The minimum Gasteiger partial charge on any atom is -0.0654 e. The van der Waals surface area contributed by atoms with E-state index in [1.807, 2.05) is 0 Å². The van der Waals surface area contributed by atoms with Crippen molar-refractivity contribution in [2.24, 2.45) is 22.7 Å². The average Bonchev–Trinajstić information content (AvgIpc) is 2.70. The highest BCUT2D eigenvalue weighted by Crippen LogP contribution is 2.55. The van der Waals surface area contributed by atoms with Crippen LogP contribution in [0.5, 0.6) is 0 Å². The van der Waals surface area contributed by atoms with Crippen molar-refractivity contribution < 1.29 is 0 Å². The van der Waals surface area contributed by atoms with Crippen molar-refractivity contribution in [3.05, 3.63) is 0 Å². The van der Waals surface area contributed by atoms with E-state index in [-0.39, 0.29) is 0 Å². The van der Waals surface area contributed by atoms with E-state index in [1.165, 1.54) is 32.1 Å².